The molecule has 1 aliphatic heterocycles. The standard InChI is InChI=1S/C27H33Cl2N3O7S2/c1-16(2)38-24(34)27(5,22(33)23-30-26(3,4)15-40-23)32(41(36,37)21-13-17(28)12-18(29)14-21)19-8-10-20(11-9-19)39-25(35)31(6)7/h8-14,16,23,30H,15H2,1-7H3/t23-,27+/m0/s1. The summed E-state index contributed by atoms with van der Waals surface area (Å²) in [6.07, 6.45) is -1.31. The van der Waals surface area contributed by atoms with Crippen molar-refractivity contribution in [2.75, 3.05) is 24.2 Å². The number of anilines is 1. The largest absolute Gasteiger partial charge is 0.461 e. The van der Waals surface area contributed by atoms with Crippen molar-refractivity contribution in [2.24, 2.45) is 0 Å². The van der Waals surface area contributed by atoms with Crippen LogP contribution in [0, 0.1) is 0 Å². The summed E-state index contributed by atoms with van der Waals surface area (Å²) in [7, 11) is -1.68. The number of amides is 1. The summed E-state index contributed by atoms with van der Waals surface area (Å²) < 4.78 is 40.3. The highest BCUT2D eigenvalue weighted by atomic mass is 35.5. The molecule has 1 saturated heterocycles. The smallest absolute Gasteiger partial charge is 0.414 e. The lowest BCUT2D eigenvalue weighted by Gasteiger charge is -2.40. The third-order valence-corrected chi connectivity index (χ3v) is 9.89. The Morgan fingerprint density at radius 3 is 2.10 bits per heavy atom. The van der Waals surface area contributed by atoms with Crippen molar-refractivity contribution in [1.82, 2.24) is 10.2 Å². The second kappa shape index (κ2) is 12.4. The van der Waals surface area contributed by atoms with E-state index >= 15 is 0 Å². The molecule has 41 heavy (non-hydrogen) atoms. The Balaban J connectivity index is 2.28. The number of carbonyl (C=O) groups is 3. The van der Waals surface area contributed by atoms with Crippen LogP contribution in [0.1, 0.15) is 34.6 Å². The van der Waals surface area contributed by atoms with Crippen LogP contribution in [0.25, 0.3) is 0 Å². The SMILES string of the molecule is CC(C)OC(=O)[C@@](C)(C(=O)[C@H]1NC(C)(C)CS1)N(c1ccc(OC(=O)N(C)C)cc1)S(=O)(=O)c1cc(Cl)cc(Cl)c1. The molecule has 14 heteroatoms. The summed E-state index contributed by atoms with van der Waals surface area (Å²) in [6, 6.07) is 9.08. The van der Waals surface area contributed by atoms with Gasteiger partial charge in [0.25, 0.3) is 10.0 Å². The highest BCUT2D eigenvalue weighted by Crippen LogP contribution is 2.39. The quantitative estimate of drug-likeness (QED) is 0.297. The predicted octanol–water partition coefficient (Wildman–Crippen LogP) is 4.97. The number of esters is 1. The molecule has 0 aromatic heterocycles. The highest BCUT2D eigenvalue weighted by molar-refractivity contribution is 8.01. The molecule has 1 N–H and O–H groups in total. The minimum absolute atomic E-state index is 0.0366. The van der Waals surface area contributed by atoms with Gasteiger partial charge >= 0.3 is 12.1 Å². The molecule has 224 valence electrons. The Morgan fingerprint density at radius 2 is 1.63 bits per heavy atom. The van der Waals surface area contributed by atoms with Gasteiger partial charge in [-0.3, -0.25) is 10.1 Å². The molecule has 1 fully saturated rings. The van der Waals surface area contributed by atoms with Crippen LogP contribution in [0.3, 0.4) is 0 Å². The molecule has 3 rings (SSSR count). The lowest BCUT2D eigenvalue weighted by molar-refractivity contribution is -0.156. The van der Waals surface area contributed by atoms with Crippen molar-refractivity contribution in [3.05, 3.63) is 52.5 Å². The molecular weight excluding hydrogens is 613 g/mol. The van der Waals surface area contributed by atoms with Gasteiger partial charge in [0.1, 0.15) is 11.1 Å². The van der Waals surface area contributed by atoms with Crippen molar-refractivity contribution >= 4 is 68.5 Å². The van der Waals surface area contributed by atoms with Crippen LogP contribution in [0.2, 0.25) is 10.0 Å². The van der Waals surface area contributed by atoms with Crippen LogP contribution in [-0.2, 0) is 24.3 Å². The van der Waals surface area contributed by atoms with E-state index in [0.29, 0.717) is 5.75 Å². The minimum atomic E-state index is -4.70. The lowest BCUT2D eigenvalue weighted by Crippen LogP contribution is -2.65. The van der Waals surface area contributed by atoms with Crippen LogP contribution >= 0.6 is 35.0 Å². The molecule has 1 aliphatic rings. The molecule has 0 saturated carbocycles. The second-order valence-corrected chi connectivity index (χ2v) is 14.5. The number of hydrogen-bond donors (Lipinski definition) is 1. The first kappa shape index (κ1) is 33.0. The summed E-state index contributed by atoms with van der Waals surface area (Å²) in [5.41, 5.74) is -2.90. The molecule has 1 heterocycles. The van der Waals surface area contributed by atoms with E-state index in [2.05, 4.69) is 5.32 Å². The summed E-state index contributed by atoms with van der Waals surface area (Å²) in [5.74, 6) is -1.13. The number of benzene rings is 2. The number of ether oxygens (including phenoxy) is 2. The fourth-order valence-electron chi connectivity index (χ4n) is 4.00. The van der Waals surface area contributed by atoms with Crippen LogP contribution < -0.4 is 14.4 Å². The summed E-state index contributed by atoms with van der Waals surface area (Å²) in [6.45, 7) is 8.20. The molecule has 1 amide bonds. The monoisotopic (exact) mass is 645 g/mol. The third kappa shape index (κ3) is 7.29. The average Bonchev–Trinajstić information content (AvgIpc) is 3.22. The number of rotatable bonds is 9. The molecule has 10 nitrogen and oxygen atoms in total. The number of nitrogens with zero attached hydrogens (tertiary/aromatic N) is 2. The Hall–Kier alpha value is -2.51. The zero-order valence-corrected chi connectivity index (χ0v) is 26.9. The number of Topliss-reactive ketones (excluding diaryl/α,β-unsaturated/α-hetero) is 1. The lowest BCUT2D eigenvalue weighted by atomic mass is 9.94. The number of carbonyl (C=O) groups excluding carboxylic acids is 3. The fraction of sp³-hybridized carbons (Fsp3) is 0.444. The molecule has 2 aromatic carbocycles. The van der Waals surface area contributed by atoms with E-state index in [1.54, 1.807) is 13.8 Å². The first-order valence-corrected chi connectivity index (χ1v) is 15.8. The van der Waals surface area contributed by atoms with Gasteiger partial charge < -0.3 is 14.4 Å². The molecule has 0 bridgehead atoms. The normalized spacial score (nSPS) is 18.0. The number of thioether (sulfide) groups is 1. The van der Waals surface area contributed by atoms with E-state index in [4.69, 9.17) is 32.7 Å². The highest BCUT2D eigenvalue weighted by Gasteiger charge is 2.57. The summed E-state index contributed by atoms with van der Waals surface area (Å²) >= 11 is 13.6. The topological polar surface area (TPSA) is 122 Å². The van der Waals surface area contributed by atoms with Gasteiger partial charge in [-0.1, -0.05) is 23.2 Å². The van der Waals surface area contributed by atoms with E-state index in [9.17, 15) is 22.8 Å². The predicted molar refractivity (Wildman–Crippen MR) is 160 cm³/mol. The Kier molecular flexibility index (Phi) is 9.97. The molecule has 0 unspecified atom stereocenters. The van der Waals surface area contributed by atoms with Gasteiger partial charge in [0, 0.05) is 35.4 Å². The minimum Gasteiger partial charge on any atom is -0.461 e. The van der Waals surface area contributed by atoms with Gasteiger partial charge in [-0.2, -0.15) is 0 Å². The first-order valence-electron chi connectivity index (χ1n) is 12.5. The molecule has 0 radical (unpaired) electrons. The van der Waals surface area contributed by atoms with Crippen molar-refractivity contribution in [1.29, 1.82) is 0 Å². The van der Waals surface area contributed by atoms with Crippen LogP contribution in [0.4, 0.5) is 10.5 Å². The third-order valence-electron chi connectivity index (χ3n) is 6.01. The molecule has 0 spiro atoms. The van der Waals surface area contributed by atoms with Gasteiger partial charge in [-0.25, -0.2) is 22.3 Å². The number of hydrogen-bond acceptors (Lipinski definition) is 9. The van der Waals surface area contributed by atoms with Gasteiger partial charge in [-0.05, 0) is 77.1 Å². The van der Waals surface area contributed by atoms with E-state index in [0.717, 1.165) is 4.31 Å². The summed E-state index contributed by atoms with van der Waals surface area (Å²) in [4.78, 5) is 41.0. The van der Waals surface area contributed by atoms with Gasteiger partial charge in [0.05, 0.1) is 16.7 Å². The molecule has 0 aliphatic carbocycles. The molecular formula is C27H33Cl2N3O7S2. The maximum atomic E-state index is 14.4. The van der Waals surface area contributed by atoms with E-state index in [-0.39, 0.29) is 26.4 Å². The van der Waals surface area contributed by atoms with Crippen LogP contribution in [0.15, 0.2) is 47.4 Å². The van der Waals surface area contributed by atoms with Gasteiger partial charge in [-0.15, -0.1) is 11.8 Å². The second-order valence-electron chi connectivity index (χ2n) is 10.7. The van der Waals surface area contributed by atoms with Crippen LogP contribution in [-0.4, -0.2) is 73.6 Å². The zero-order chi connectivity index (χ0) is 30.9. The van der Waals surface area contributed by atoms with E-state index in [1.165, 1.54) is 80.1 Å². The first-order chi connectivity index (χ1) is 18.9. The number of nitrogens with one attached hydrogen (secondary N) is 1. The Bertz CT molecular complexity index is 1410. The maximum Gasteiger partial charge on any atom is 0.414 e. The Morgan fingerprint density at radius 1 is 1.07 bits per heavy atom. The number of sulfonamides is 1. The maximum absolute atomic E-state index is 14.4. The van der Waals surface area contributed by atoms with Gasteiger partial charge in [0.2, 0.25) is 5.54 Å². The Labute approximate surface area is 254 Å². The molecule has 2 aromatic rings. The molecule has 2 atom stereocenters. The zero-order valence-electron chi connectivity index (χ0n) is 23.7. The van der Waals surface area contributed by atoms with E-state index < -0.39 is 50.4 Å². The van der Waals surface area contributed by atoms with E-state index in [1.807, 2.05) is 13.8 Å². The van der Waals surface area contributed by atoms with Crippen molar-refractivity contribution in [3.63, 3.8) is 0 Å². The fourth-order valence-corrected chi connectivity index (χ4v) is 7.91. The van der Waals surface area contributed by atoms with Gasteiger partial charge in [0.15, 0.2) is 5.78 Å². The van der Waals surface area contributed by atoms with Crippen molar-refractivity contribution in [2.45, 2.75) is 62.1 Å². The number of halogens is 2. The summed E-state index contributed by atoms with van der Waals surface area (Å²) in [5, 5.41) is 2.33. The van der Waals surface area contributed by atoms with Crippen LogP contribution in [0.5, 0.6) is 5.75 Å². The average molecular weight is 647 g/mol. The number of ketones is 1. The van der Waals surface area contributed by atoms with Crippen molar-refractivity contribution in [3.8, 4) is 5.75 Å². The van der Waals surface area contributed by atoms with Crippen molar-refractivity contribution < 1.29 is 32.3 Å².